The van der Waals surface area contributed by atoms with Crippen LogP contribution in [0.25, 0.3) is 0 Å². The van der Waals surface area contributed by atoms with Crippen LogP contribution in [-0.4, -0.2) is 75.6 Å². The van der Waals surface area contributed by atoms with E-state index in [1.807, 2.05) is 21.1 Å². The van der Waals surface area contributed by atoms with E-state index in [0.717, 1.165) is 44.9 Å². The summed E-state index contributed by atoms with van der Waals surface area (Å²) in [6.45, 7) is 5.65. The Hall–Kier alpha value is -1.54. The number of ether oxygens (including phenoxy) is 2. The van der Waals surface area contributed by atoms with Crippen molar-refractivity contribution in [2.75, 3.05) is 54.1 Å². The Morgan fingerprint density at radius 2 is 0.753 bits per heavy atom. The maximum Gasteiger partial charge on any atom is 0.472 e. The average molecular weight is 1050 g/mol. The molecule has 0 heterocycles. The van der Waals surface area contributed by atoms with Crippen LogP contribution in [0, 0.1) is 0 Å². The topological polar surface area (TPSA) is 91.3 Å². The molecule has 0 saturated carbocycles. The van der Waals surface area contributed by atoms with Crippen LogP contribution in [0.1, 0.15) is 296 Å². The molecule has 0 bridgehead atoms. The Morgan fingerprint density at radius 1 is 0.425 bits per heavy atom. The molecule has 2 atom stereocenters. The van der Waals surface area contributed by atoms with Crippen molar-refractivity contribution in [3.8, 4) is 0 Å². The van der Waals surface area contributed by atoms with Crippen LogP contribution in [0.3, 0.4) is 0 Å². The monoisotopic (exact) mass is 1050 g/mol. The lowest BCUT2D eigenvalue weighted by atomic mass is 10.0. The first-order valence-corrected chi connectivity index (χ1v) is 32.9. The number of carbonyl (C=O) groups is 1. The van der Waals surface area contributed by atoms with Crippen LogP contribution in [0.5, 0.6) is 0 Å². The molecule has 0 amide bonds. The summed E-state index contributed by atoms with van der Waals surface area (Å²) >= 11 is 0. The molecule has 0 aromatic rings. The molecule has 0 aliphatic rings. The summed E-state index contributed by atoms with van der Waals surface area (Å²) in [6.07, 6.45) is 73.3. The van der Waals surface area contributed by atoms with Crippen molar-refractivity contribution in [3.05, 3.63) is 48.6 Å². The molecule has 8 nitrogen and oxygen atoms in total. The number of allylic oxidation sites excluding steroid dienone is 8. The molecule has 73 heavy (non-hydrogen) atoms. The zero-order valence-electron chi connectivity index (χ0n) is 49.1. The van der Waals surface area contributed by atoms with Gasteiger partial charge in [0.05, 0.1) is 34.4 Å². The van der Waals surface area contributed by atoms with Gasteiger partial charge in [0.15, 0.2) is 0 Å². The summed E-state index contributed by atoms with van der Waals surface area (Å²) in [5.41, 5.74) is 0. The van der Waals surface area contributed by atoms with E-state index in [-0.39, 0.29) is 25.8 Å². The SMILES string of the molecule is CCCCCCC/C=C\C/C=C\CCCCCCCCCCCCCCCCOCC(COP(=O)(O)OCC[N+](C)(C)C)OC(=O)CCCCCCCCCCCCCCC/C=C\C/C=C\CCCCCCC. The van der Waals surface area contributed by atoms with Gasteiger partial charge in [0.25, 0.3) is 0 Å². The lowest BCUT2D eigenvalue weighted by Crippen LogP contribution is -2.37. The zero-order valence-corrected chi connectivity index (χ0v) is 50.0. The fourth-order valence-corrected chi connectivity index (χ4v) is 9.77. The van der Waals surface area contributed by atoms with E-state index >= 15 is 0 Å². The molecule has 0 radical (unpaired) electrons. The number of carbonyl (C=O) groups excluding carboxylic acids is 1. The molecular weight excluding hydrogens is 926 g/mol. The van der Waals surface area contributed by atoms with Gasteiger partial charge in [-0.1, -0.05) is 262 Å². The average Bonchev–Trinajstić information content (AvgIpc) is 3.35. The number of hydrogen-bond donors (Lipinski definition) is 1. The summed E-state index contributed by atoms with van der Waals surface area (Å²) < 4.78 is 35.3. The van der Waals surface area contributed by atoms with Crippen LogP contribution < -0.4 is 0 Å². The van der Waals surface area contributed by atoms with Crippen molar-refractivity contribution in [1.29, 1.82) is 0 Å². The van der Waals surface area contributed by atoms with Crippen LogP contribution in [-0.2, 0) is 27.9 Å². The minimum absolute atomic E-state index is 0.0889. The quantitative estimate of drug-likeness (QED) is 0.0213. The van der Waals surface area contributed by atoms with Crippen molar-refractivity contribution < 1.29 is 37.3 Å². The van der Waals surface area contributed by atoms with Gasteiger partial charge in [-0.25, -0.2) is 4.57 Å². The largest absolute Gasteiger partial charge is 0.472 e. The van der Waals surface area contributed by atoms with E-state index in [1.54, 1.807) is 0 Å². The number of unbranched alkanes of at least 4 members (excludes halogenated alkanes) is 37. The van der Waals surface area contributed by atoms with Gasteiger partial charge in [-0.05, 0) is 77.0 Å². The second kappa shape index (κ2) is 56.7. The molecule has 0 fully saturated rings. The first kappa shape index (κ1) is 71.5. The van der Waals surface area contributed by atoms with E-state index < -0.39 is 13.9 Å². The van der Waals surface area contributed by atoms with E-state index in [4.69, 9.17) is 18.5 Å². The highest BCUT2D eigenvalue weighted by Crippen LogP contribution is 2.43. The molecule has 0 spiro atoms. The minimum atomic E-state index is -4.29. The summed E-state index contributed by atoms with van der Waals surface area (Å²) in [7, 11) is 1.68. The van der Waals surface area contributed by atoms with Crippen molar-refractivity contribution >= 4 is 13.8 Å². The summed E-state index contributed by atoms with van der Waals surface area (Å²) in [5, 5.41) is 0. The molecule has 0 aromatic heterocycles. The number of esters is 1. The Labute approximate surface area is 454 Å². The van der Waals surface area contributed by atoms with E-state index in [9.17, 15) is 14.3 Å². The predicted octanol–water partition coefficient (Wildman–Crippen LogP) is 20.2. The highest BCUT2D eigenvalue weighted by Gasteiger charge is 2.26. The maximum atomic E-state index is 12.8. The number of rotatable bonds is 59. The fraction of sp³-hybridized carbons (Fsp3) is 0.859. The second-order valence-corrected chi connectivity index (χ2v) is 23.9. The smallest absolute Gasteiger partial charge is 0.457 e. The molecule has 430 valence electrons. The number of likely N-dealkylation sites (N-methyl/N-ethyl adjacent to an activating group) is 1. The minimum Gasteiger partial charge on any atom is -0.457 e. The van der Waals surface area contributed by atoms with Crippen LogP contribution in [0.15, 0.2) is 48.6 Å². The van der Waals surface area contributed by atoms with Gasteiger partial charge in [0.1, 0.15) is 19.3 Å². The van der Waals surface area contributed by atoms with Crippen LogP contribution in [0.2, 0.25) is 0 Å². The highest BCUT2D eigenvalue weighted by atomic mass is 31.2. The third-order valence-corrected chi connectivity index (χ3v) is 14.8. The van der Waals surface area contributed by atoms with Crippen molar-refractivity contribution in [2.24, 2.45) is 0 Å². The van der Waals surface area contributed by atoms with Crippen LogP contribution >= 0.6 is 7.82 Å². The normalized spacial score (nSPS) is 13.7. The third-order valence-electron chi connectivity index (χ3n) is 13.9. The number of hydrogen-bond acceptors (Lipinski definition) is 6. The van der Waals surface area contributed by atoms with Gasteiger partial charge in [0, 0.05) is 13.0 Å². The number of phosphoric ester groups is 1. The Bertz CT molecular complexity index is 1310. The molecule has 1 N–H and O–H groups in total. The Kier molecular flexibility index (Phi) is 55.5. The van der Waals surface area contributed by atoms with E-state index in [0.29, 0.717) is 24.1 Å². The summed E-state index contributed by atoms with van der Waals surface area (Å²) in [4.78, 5) is 23.1. The molecule has 0 aromatic carbocycles. The second-order valence-electron chi connectivity index (χ2n) is 22.4. The number of quaternary nitrogens is 1. The van der Waals surface area contributed by atoms with Crippen LogP contribution in [0.4, 0.5) is 0 Å². The molecule has 0 aliphatic heterocycles. The predicted molar refractivity (Wildman–Crippen MR) is 316 cm³/mol. The molecule has 0 rings (SSSR count). The molecule has 0 aliphatic carbocycles. The van der Waals surface area contributed by atoms with Gasteiger partial charge < -0.3 is 18.9 Å². The van der Waals surface area contributed by atoms with Gasteiger partial charge in [-0.15, -0.1) is 0 Å². The summed E-state index contributed by atoms with van der Waals surface area (Å²) in [6, 6.07) is 0. The van der Waals surface area contributed by atoms with Crippen molar-refractivity contribution in [1.82, 2.24) is 0 Å². The third kappa shape index (κ3) is 61.2. The highest BCUT2D eigenvalue weighted by molar-refractivity contribution is 7.47. The lowest BCUT2D eigenvalue weighted by Gasteiger charge is -2.24. The van der Waals surface area contributed by atoms with E-state index in [1.165, 1.54) is 231 Å². The Morgan fingerprint density at radius 3 is 1.11 bits per heavy atom. The van der Waals surface area contributed by atoms with Gasteiger partial charge in [-0.3, -0.25) is 13.8 Å². The Balaban J connectivity index is 4.01. The molecule has 0 saturated heterocycles. The fourth-order valence-electron chi connectivity index (χ4n) is 9.03. The van der Waals surface area contributed by atoms with Gasteiger partial charge in [0.2, 0.25) is 0 Å². The lowest BCUT2D eigenvalue weighted by molar-refractivity contribution is -0.870. The molecular formula is C64H123NO7P+. The van der Waals surface area contributed by atoms with Crippen molar-refractivity contribution in [3.63, 3.8) is 0 Å². The van der Waals surface area contributed by atoms with Gasteiger partial charge in [-0.2, -0.15) is 0 Å². The summed E-state index contributed by atoms with van der Waals surface area (Å²) in [5.74, 6) is -0.310. The number of nitrogens with zero attached hydrogens (tertiary/aromatic N) is 1. The number of phosphoric acid groups is 1. The molecule has 2 unspecified atom stereocenters. The zero-order chi connectivity index (χ0) is 53.3. The van der Waals surface area contributed by atoms with Gasteiger partial charge >= 0.3 is 13.8 Å². The maximum absolute atomic E-state index is 12.8. The molecule has 9 heteroatoms. The van der Waals surface area contributed by atoms with E-state index in [2.05, 4.69) is 62.5 Å². The standard InChI is InChI=1S/C64H122NO7P/c1-6-8-10-12-14-16-18-20-22-24-26-28-30-32-34-36-38-40-42-44-46-48-50-52-54-56-59-69-61-63(62-71-73(67,68)70-60-58-65(3,4)5)72-64(66)57-55-53-51-49-47-45-43-41-39-37-35-33-31-29-27-25-23-21-19-17-15-13-11-9-7-2/h18-21,24-27,63H,6-17,22-23,28-62H2,1-5H3/p+1/b20-18-,21-19-,26-24-,27-25-. The first-order chi connectivity index (χ1) is 35.6. The van der Waals surface area contributed by atoms with Crippen molar-refractivity contribution in [2.45, 2.75) is 302 Å². The first-order valence-electron chi connectivity index (χ1n) is 31.4.